The summed E-state index contributed by atoms with van der Waals surface area (Å²) in [6.45, 7) is 3.39. The number of methoxy groups -OCH3 is 1. The molecular weight excluding hydrogens is 640 g/mol. The van der Waals surface area contributed by atoms with Crippen LogP contribution in [0.5, 0.6) is 17.2 Å². The molecule has 6 aromatic rings. The molecule has 9 nitrogen and oxygen atoms in total. The fourth-order valence-corrected chi connectivity index (χ4v) is 7.95. The van der Waals surface area contributed by atoms with Gasteiger partial charge in [0.1, 0.15) is 30.5 Å². The first-order valence-corrected chi connectivity index (χ1v) is 17.8. The molecule has 0 radical (unpaired) electrons. The van der Waals surface area contributed by atoms with Crippen LogP contribution in [0, 0.1) is 6.92 Å². The highest BCUT2D eigenvalue weighted by Crippen LogP contribution is 2.51. The van der Waals surface area contributed by atoms with E-state index in [9.17, 15) is 4.79 Å². The normalized spacial score (nSPS) is 15.0. The second-order valence-corrected chi connectivity index (χ2v) is 13.6. The number of rotatable bonds is 10. The van der Waals surface area contributed by atoms with Gasteiger partial charge < -0.3 is 29.0 Å². The maximum absolute atomic E-state index is 12.4. The highest BCUT2D eigenvalue weighted by Gasteiger charge is 2.34. The van der Waals surface area contributed by atoms with Crippen LogP contribution in [-0.4, -0.2) is 34.3 Å². The van der Waals surface area contributed by atoms with E-state index in [1.54, 1.807) is 7.11 Å². The summed E-state index contributed by atoms with van der Waals surface area (Å²) in [6, 6.07) is 28.4. The molecular formula is C42H42N4O5. The summed E-state index contributed by atoms with van der Waals surface area (Å²) in [6.07, 6.45) is 6.43. The van der Waals surface area contributed by atoms with Crippen molar-refractivity contribution in [3.8, 4) is 28.5 Å². The average molecular weight is 683 g/mol. The minimum atomic E-state index is -0.439. The average Bonchev–Trinajstić information content (AvgIpc) is 3.68. The van der Waals surface area contributed by atoms with E-state index in [4.69, 9.17) is 29.5 Å². The molecule has 0 spiro atoms. The Labute approximate surface area is 297 Å². The van der Waals surface area contributed by atoms with Crippen LogP contribution >= 0.6 is 0 Å². The molecule has 1 fully saturated rings. The predicted octanol–water partition coefficient (Wildman–Crippen LogP) is 8.50. The number of hydrogen-bond acceptors (Lipinski definition) is 7. The summed E-state index contributed by atoms with van der Waals surface area (Å²) in [5.41, 5.74) is 13.9. The van der Waals surface area contributed by atoms with Gasteiger partial charge in [-0.15, -0.1) is 0 Å². The van der Waals surface area contributed by atoms with Crippen molar-refractivity contribution in [3.05, 3.63) is 124 Å². The number of carbonyl (C=O) groups is 1. The Hall–Kier alpha value is -5.57. The zero-order valence-electron chi connectivity index (χ0n) is 29.1. The summed E-state index contributed by atoms with van der Waals surface area (Å²) in [7, 11) is 1.68. The Morgan fingerprint density at radius 2 is 1.76 bits per heavy atom. The van der Waals surface area contributed by atoms with Gasteiger partial charge in [0.2, 0.25) is 11.8 Å². The predicted molar refractivity (Wildman–Crippen MR) is 196 cm³/mol. The summed E-state index contributed by atoms with van der Waals surface area (Å²) < 4.78 is 26.5. The topological polar surface area (TPSA) is 115 Å². The molecule has 51 heavy (non-hydrogen) atoms. The third kappa shape index (κ3) is 6.44. The van der Waals surface area contributed by atoms with Gasteiger partial charge in [0.05, 0.1) is 25.3 Å². The van der Waals surface area contributed by atoms with Crippen LogP contribution in [0.1, 0.15) is 88.3 Å². The largest absolute Gasteiger partial charge is 0.497 e. The van der Waals surface area contributed by atoms with Crippen molar-refractivity contribution < 1.29 is 23.5 Å². The van der Waals surface area contributed by atoms with Gasteiger partial charge in [-0.3, -0.25) is 4.79 Å². The first kappa shape index (κ1) is 32.6. The molecule has 2 aliphatic rings. The van der Waals surface area contributed by atoms with Gasteiger partial charge in [0.15, 0.2) is 5.82 Å². The van der Waals surface area contributed by atoms with Crippen LogP contribution in [0.25, 0.3) is 22.2 Å². The summed E-state index contributed by atoms with van der Waals surface area (Å²) in [4.78, 5) is 17.2. The van der Waals surface area contributed by atoms with Gasteiger partial charge in [-0.1, -0.05) is 73.0 Å². The number of nitrogens with two attached hydrogens (primary N) is 1. The second kappa shape index (κ2) is 14.0. The number of ether oxygens (including phenoxy) is 3. The quantitative estimate of drug-likeness (QED) is 0.154. The molecule has 0 saturated heterocycles. The summed E-state index contributed by atoms with van der Waals surface area (Å²) >= 11 is 0. The number of aryl methyl sites for hydroxylation is 1. The Kier molecular flexibility index (Phi) is 8.94. The molecule has 0 unspecified atom stereocenters. The monoisotopic (exact) mass is 682 g/mol. The first-order chi connectivity index (χ1) is 25.0. The molecule has 1 amide bonds. The van der Waals surface area contributed by atoms with Crippen molar-refractivity contribution >= 4 is 16.8 Å². The molecule has 9 heteroatoms. The van der Waals surface area contributed by atoms with Crippen molar-refractivity contribution in [2.45, 2.75) is 70.4 Å². The molecule has 1 saturated carbocycles. The lowest BCUT2D eigenvalue weighted by Gasteiger charge is -2.26. The lowest BCUT2D eigenvalue weighted by Crippen LogP contribution is -2.12. The number of aromatic nitrogens is 3. The Bertz CT molecular complexity index is 2180. The number of primary amides is 1. The van der Waals surface area contributed by atoms with Crippen LogP contribution in [0.4, 0.5) is 0 Å². The number of benzene rings is 4. The second-order valence-electron chi connectivity index (χ2n) is 13.6. The molecule has 2 N–H and O–H groups in total. The Morgan fingerprint density at radius 3 is 2.49 bits per heavy atom. The lowest BCUT2D eigenvalue weighted by molar-refractivity contribution is 0.100. The molecule has 1 atom stereocenters. The number of hydrogen-bond donors (Lipinski definition) is 1. The molecule has 4 aromatic carbocycles. The zero-order chi connectivity index (χ0) is 34.9. The van der Waals surface area contributed by atoms with E-state index in [0.717, 1.165) is 63.2 Å². The maximum Gasteiger partial charge on any atom is 0.248 e. The van der Waals surface area contributed by atoms with E-state index < -0.39 is 5.91 Å². The van der Waals surface area contributed by atoms with Gasteiger partial charge in [-0.25, -0.2) is 0 Å². The van der Waals surface area contributed by atoms with Gasteiger partial charge in [-0.05, 0) is 77.8 Å². The van der Waals surface area contributed by atoms with Gasteiger partial charge in [-0.2, -0.15) is 4.98 Å². The number of fused-ring (bicyclic) bond motifs is 5. The van der Waals surface area contributed by atoms with Crippen molar-refractivity contribution in [2.24, 2.45) is 5.73 Å². The number of nitrogens with zero attached hydrogens (tertiary/aromatic N) is 3. The number of amides is 1. The molecule has 2 aromatic heterocycles. The zero-order valence-corrected chi connectivity index (χ0v) is 29.1. The van der Waals surface area contributed by atoms with Crippen molar-refractivity contribution in [2.75, 3.05) is 13.7 Å². The van der Waals surface area contributed by atoms with Crippen LogP contribution < -0.4 is 19.9 Å². The van der Waals surface area contributed by atoms with Crippen LogP contribution in [0.15, 0.2) is 89.5 Å². The van der Waals surface area contributed by atoms with E-state index in [0.29, 0.717) is 55.1 Å². The van der Waals surface area contributed by atoms with Crippen LogP contribution in [0.2, 0.25) is 0 Å². The van der Waals surface area contributed by atoms with E-state index in [-0.39, 0.29) is 5.92 Å². The van der Waals surface area contributed by atoms with Gasteiger partial charge in [0.25, 0.3) is 0 Å². The van der Waals surface area contributed by atoms with Crippen LogP contribution in [-0.2, 0) is 19.6 Å². The molecule has 260 valence electrons. The van der Waals surface area contributed by atoms with Crippen molar-refractivity contribution in [1.82, 2.24) is 14.7 Å². The number of carbonyl (C=O) groups excluding carboxylic acids is 1. The smallest absolute Gasteiger partial charge is 0.248 e. The highest BCUT2D eigenvalue weighted by atomic mass is 16.5. The maximum atomic E-state index is 12.4. The first-order valence-electron chi connectivity index (χ1n) is 17.8. The standard InChI is InChI=1S/C42H42N4O5/c1-26-44-42(45-51-26)35(21-27-13-16-31(17-14-27)50-25-28-9-5-3-6-10-28)34-23-32(48-2)24-37-39(34)40-38(29-11-7-4-8-12-29)33-18-15-30(41(43)47)22-36(33)46(40)19-20-49-37/h3,5-6,9-10,13-18,22-24,29,35H,4,7-8,11-12,19-21,25H2,1-2H3,(H2,43,47)/t35-/m0/s1. The molecule has 1 aliphatic heterocycles. The lowest BCUT2D eigenvalue weighted by atomic mass is 9.79. The fourth-order valence-electron chi connectivity index (χ4n) is 7.95. The Morgan fingerprint density at radius 1 is 0.961 bits per heavy atom. The minimum absolute atomic E-state index is 0.295. The van der Waals surface area contributed by atoms with E-state index in [1.165, 1.54) is 24.8 Å². The van der Waals surface area contributed by atoms with Gasteiger partial charge in [0, 0.05) is 35.0 Å². The Balaban J connectivity index is 1.28. The highest BCUT2D eigenvalue weighted by molar-refractivity contribution is 6.01. The van der Waals surface area contributed by atoms with Gasteiger partial charge >= 0.3 is 0 Å². The molecule has 3 heterocycles. The third-order valence-corrected chi connectivity index (χ3v) is 10.4. The SMILES string of the molecule is COc1cc2c(c([C@H](Cc3ccc(OCc4ccccc4)cc3)c3noc(C)n3)c1)-c1c(C3CCCCC3)c3ccc(C(N)=O)cc3n1CCO2. The van der Waals surface area contributed by atoms with E-state index in [1.807, 2.05) is 55.5 Å². The van der Waals surface area contributed by atoms with Crippen molar-refractivity contribution in [1.29, 1.82) is 0 Å². The molecule has 8 rings (SSSR count). The van der Waals surface area contributed by atoms with Crippen molar-refractivity contribution in [3.63, 3.8) is 0 Å². The molecule has 0 bridgehead atoms. The molecule has 1 aliphatic carbocycles. The van der Waals surface area contributed by atoms with Crippen LogP contribution in [0.3, 0.4) is 0 Å². The summed E-state index contributed by atoms with van der Waals surface area (Å²) in [5, 5.41) is 5.65. The summed E-state index contributed by atoms with van der Waals surface area (Å²) in [5.74, 6) is 2.98. The van der Waals surface area contributed by atoms with E-state index in [2.05, 4.69) is 46.1 Å². The van der Waals surface area contributed by atoms with E-state index >= 15 is 0 Å². The fraction of sp³-hybridized carbons (Fsp3) is 0.310. The third-order valence-electron chi connectivity index (χ3n) is 10.4. The minimum Gasteiger partial charge on any atom is -0.497 e.